The summed E-state index contributed by atoms with van der Waals surface area (Å²) < 4.78 is 13.9. The third-order valence-electron chi connectivity index (χ3n) is 7.72. The zero-order valence-electron chi connectivity index (χ0n) is 23.2. The summed E-state index contributed by atoms with van der Waals surface area (Å²) in [5.74, 6) is 5.45. The van der Waals surface area contributed by atoms with Gasteiger partial charge in [-0.3, -0.25) is 10.8 Å². The van der Waals surface area contributed by atoms with Gasteiger partial charge in [0.05, 0.1) is 34.1 Å². The molecule has 10 heteroatoms. The monoisotopic (exact) mass is 539 g/mol. The van der Waals surface area contributed by atoms with Gasteiger partial charge in [0, 0.05) is 47.3 Å². The van der Waals surface area contributed by atoms with Crippen molar-refractivity contribution in [3.8, 4) is 12.1 Å². The number of nitrogens with one attached hydrogen (secondary N) is 4. The van der Waals surface area contributed by atoms with Crippen LogP contribution in [-0.2, 0) is 0 Å². The van der Waals surface area contributed by atoms with Crippen LogP contribution < -0.4 is 27.2 Å². The van der Waals surface area contributed by atoms with Crippen LogP contribution in [0.2, 0.25) is 0 Å². The average Bonchev–Trinajstić information content (AvgIpc) is 3.84. The van der Waals surface area contributed by atoms with E-state index in [4.69, 9.17) is 5.84 Å². The van der Waals surface area contributed by atoms with E-state index in [1.54, 1.807) is 19.1 Å². The van der Waals surface area contributed by atoms with Crippen molar-refractivity contribution in [2.24, 2.45) is 16.7 Å². The predicted octanol–water partition coefficient (Wildman–Crippen LogP) is 4.88. The van der Waals surface area contributed by atoms with E-state index in [2.05, 4.69) is 64.3 Å². The number of hydrogen-bond acceptors (Lipinski definition) is 9. The highest BCUT2D eigenvalue weighted by Gasteiger charge is 2.62. The van der Waals surface area contributed by atoms with E-state index in [1.807, 2.05) is 12.3 Å². The van der Waals surface area contributed by atoms with Gasteiger partial charge >= 0.3 is 0 Å². The number of pyridine rings is 2. The molecule has 3 aromatic rings. The first kappa shape index (κ1) is 27.2. The molecule has 9 nitrogen and oxygen atoms in total. The normalized spacial score (nSPS) is 18.0. The highest BCUT2D eigenvalue weighted by Crippen LogP contribution is 2.65. The smallest absolute Gasteiger partial charge is 0.213 e. The third-order valence-corrected chi connectivity index (χ3v) is 7.72. The maximum atomic E-state index is 13.9. The molecule has 2 fully saturated rings. The Kier molecular flexibility index (Phi) is 6.99. The Bertz CT molecular complexity index is 1570. The van der Waals surface area contributed by atoms with Crippen LogP contribution in [-0.4, -0.2) is 22.6 Å². The average molecular weight is 540 g/mol. The quantitative estimate of drug-likeness (QED) is 0.146. The van der Waals surface area contributed by atoms with Crippen LogP contribution in [0, 0.1) is 46.4 Å². The molecule has 2 aliphatic rings. The van der Waals surface area contributed by atoms with E-state index in [0.29, 0.717) is 62.8 Å². The van der Waals surface area contributed by atoms with Crippen LogP contribution in [0.4, 0.5) is 15.8 Å². The van der Waals surface area contributed by atoms with Crippen LogP contribution >= 0.6 is 0 Å². The number of rotatable bonds is 9. The Labute approximate surface area is 233 Å². The molecule has 6 N–H and O–H groups in total. The SMILES string of the molecule is Cc1nc(F)ccc1[C@H](Nc1cc(C#N)c2ncc(C#N)c(NCC(C)(C)C)c2c1)/C(=C/NC1CC12CC2)NN. The predicted molar refractivity (Wildman–Crippen MR) is 153 cm³/mol. The van der Waals surface area contributed by atoms with Crippen molar-refractivity contribution in [1.29, 1.82) is 10.5 Å². The zero-order valence-corrected chi connectivity index (χ0v) is 23.2. The van der Waals surface area contributed by atoms with E-state index in [0.717, 1.165) is 12.0 Å². The second kappa shape index (κ2) is 10.3. The molecule has 0 aliphatic heterocycles. The van der Waals surface area contributed by atoms with Crippen molar-refractivity contribution in [2.75, 3.05) is 17.2 Å². The van der Waals surface area contributed by atoms with Crippen molar-refractivity contribution < 1.29 is 4.39 Å². The van der Waals surface area contributed by atoms with Gasteiger partial charge in [-0.2, -0.15) is 14.9 Å². The van der Waals surface area contributed by atoms with Crippen LogP contribution in [0.3, 0.4) is 0 Å². The molecule has 206 valence electrons. The largest absolute Gasteiger partial charge is 0.386 e. The summed E-state index contributed by atoms with van der Waals surface area (Å²) in [6, 6.07) is 10.9. The van der Waals surface area contributed by atoms with Crippen molar-refractivity contribution in [3.63, 3.8) is 0 Å². The highest BCUT2D eigenvalue weighted by atomic mass is 19.1. The second-order valence-corrected chi connectivity index (χ2v) is 12.0. The van der Waals surface area contributed by atoms with E-state index in [-0.39, 0.29) is 5.41 Å². The fraction of sp³-hybridized carbons (Fsp3) is 0.400. The number of hydrogen-bond donors (Lipinski definition) is 5. The minimum absolute atomic E-state index is 0.0471. The molecule has 2 saturated carbocycles. The number of anilines is 2. The van der Waals surface area contributed by atoms with Gasteiger partial charge in [-0.05, 0) is 55.2 Å². The Hall–Kier alpha value is -4.41. The fourth-order valence-electron chi connectivity index (χ4n) is 5.13. The van der Waals surface area contributed by atoms with Gasteiger partial charge in [0.1, 0.15) is 12.1 Å². The fourth-order valence-corrected chi connectivity index (χ4v) is 5.13. The molecular formula is C30H34FN9. The van der Waals surface area contributed by atoms with Gasteiger partial charge < -0.3 is 21.4 Å². The van der Waals surface area contributed by atoms with Gasteiger partial charge in [-0.25, -0.2) is 4.98 Å². The van der Waals surface area contributed by atoms with E-state index >= 15 is 0 Å². The third kappa shape index (κ3) is 5.49. The molecular weight excluding hydrogens is 505 g/mol. The maximum absolute atomic E-state index is 13.9. The lowest BCUT2D eigenvalue weighted by molar-refractivity contribution is 0.443. The van der Waals surface area contributed by atoms with Gasteiger partial charge in [-0.1, -0.05) is 26.8 Å². The second-order valence-electron chi connectivity index (χ2n) is 12.0. The van der Waals surface area contributed by atoms with Crippen molar-refractivity contribution in [3.05, 3.63) is 70.7 Å². The van der Waals surface area contributed by atoms with Crippen molar-refractivity contribution >= 4 is 22.3 Å². The number of halogens is 1. The number of nitriles is 2. The Morgan fingerprint density at radius 1 is 1.23 bits per heavy atom. The summed E-state index contributed by atoms with van der Waals surface area (Å²) in [7, 11) is 0. The molecule has 2 aliphatic carbocycles. The van der Waals surface area contributed by atoms with E-state index in [1.165, 1.54) is 25.1 Å². The summed E-state index contributed by atoms with van der Waals surface area (Å²) in [6.45, 7) is 8.65. The molecule has 0 saturated heterocycles. The van der Waals surface area contributed by atoms with E-state index < -0.39 is 12.0 Å². The zero-order chi connectivity index (χ0) is 28.7. The highest BCUT2D eigenvalue weighted by molar-refractivity contribution is 5.99. The molecule has 2 atom stereocenters. The van der Waals surface area contributed by atoms with Crippen molar-refractivity contribution in [1.82, 2.24) is 20.7 Å². The summed E-state index contributed by atoms with van der Waals surface area (Å²) in [5.41, 5.74) is 7.53. The first-order valence-corrected chi connectivity index (χ1v) is 13.4. The van der Waals surface area contributed by atoms with Gasteiger partial charge in [0.15, 0.2) is 0 Å². The lowest BCUT2D eigenvalue weighted by atomic mass is 9.96. The lowest BCUT2D eigenvalue weighted by Gasteiger charge is -2.25. The maximum Gasteiger partial charge on any atom is 0.213 e. The molecule has 0 amide bonds. The van der Waals surface area contributed by atoms with Crippen LogP contribution in [0.15, 0.2) is 42.4 Å². The van der Waals surface area contributed by atoms with Gasteiger partial charge in [0.2, 0.25) is 5.95 Å². The number of hydrazine groups is 1. The minimum atomic E-state index is -0.569. The van der Waals surface area contributed by atoms with Crippen molar-refractivity contribution in [2.45, 2.75) is 59.0 Å². The number of benzene rings is 1. The van der Waals surface area contributed by atoms with Gasteiger partial charge in [-0.15, -0.1) is 0 Å². The summed E-state index contributed by atoms with van der Waals surface area (Å²) in [6.07, 6.45) is 6.99. The standard InChI is InChI=1S/C30H34FN9/c1-17-21(5-6-25(31)38-17)28(23(40-34)15-35-24-11-30(24)7-8-30)39-20-9-18(12-32)26-22(10-20)27(19(13-33)14-36-26)37-16-29(2,3)4/h5-6,9-10,14-15,24,28,35,39-40H,7-8,11,16,34H2,1-4H3,(H,36,37)/b23-15-/t24?,28-/m0/s1. The van der Waals surface area contributed by atoms with Crippen LogP contribution in [0.25, 0.3) is 10.9 Å². The summed E-state index contributed by atoms with van der Waals surface area (Å²) in [4.78, 5) is 8.47. The molecule has 1 spiro atoms. The number of nitrogens with two attached hydrogens (primary N) is 1. The van der Waals surface area contributed by atoms with Gasteiger partial charge in [0.25, 0.3) is 0 Å². The number of aryl methyl sites for hydroxylation is 1. The topological polar surface area (TPSA) is 148 Å². The molecule has 2 heterocycles. The number of nitrogens with zero attached hydrogens (tertiary/aromatic N) is 4. The molecule has 1 aromatic carbocycles. The van der Waals surface area contributed by atoms with Crippen LogP contribution in [0.5, 0.6) is 0 Å². The molecule has 1 unspecified atom stereocenters. The number of fused-ring (bicyclic) bond motifs is 1. The first-order chi connectivity index (χ1) is 19.1. The Balaban J connectivity index is 1.58. The lowest BCUT2D eigenvalue weighted by Crippen LogP contribution is -2.32. The first-order valence-electron chi connectivity index (χ1n) is 13.4. The summed E-state index contributed by atoms with van der Waals surface area (Å²) >= 11 is 0. The molecule has 0 bridgehead atoms. The Morgan fingerprint density at radius 3 is 2.58 bits per heavy atom. The molecule has 40 heavy (non-hydrogen) atoms. The minimum Gasteiger partial charge on any atom is -0.386 e. The van der Waals surface area contributed by atoms with Crippen LogP contribution in [0.1, 0.15) is 68.5 Å². The molecule has 2 aromatic heterocycles. The number of aromatic nitrogens is 2. The Morgan fingerprint density at radius 2 is 1.98 bits per heavy atom. The molecule has 0 radical (unpaired) electrons. The van der Waals surface area contributed by atoms with E-state index in [9.17, 15) is 14.9 Å². The summed E-state index contributed by atoms with van der Waals surface area (Å²) in [5, 5.41) is 30.9. The molecule has 5 rings (SSSR count).